The number of anilines is 1. The highest BCUT2D eigenvalue weighted by Gasteiger charge is 2.18. The maximum atomic E-state index is 12.2. The molecule has 1 aliphatic heterocycles. The Morgan fingerprint density at radius 1 is 1.15 bits per heavy atom. The Hall–Kier alpha value is -2.73. The smallest absolute Gasteiger partial charge is 0.276 e. The van der Waals surface area contributed by atoms with Gasteiger partial charge in [0.05, 0.1) is 6.54 Å². The molecule has 1 heterocycles. The van der Waals surface area contributed by atoms with Crippen LogP contribution >= 0.6 is 11.6 Å². The second kappa shape index (κ2) is 8.77. The van der Waals surface area contributed by atoms with Gasteiger partial charge in [-0.15, -0.1) is 0 Å². The summed E-state index contributed by atoms with van der Waals surface area (Å²) < 4.78 is 5.45. The Morgan fingerprint density at radius 3 is 2.74 bits per heavy atom. The summed E-state index contributed by atoms with van der Waals surface area (Å²) in [5.74, 6) is -0.134. The molecule has 2 N–H and O–H groups in total. The number of benzene rings is 2. The van der Waals surface area contributed by atoms with Crippen molar-refractivity contribution in [1.82, 2.24) is 10.9 Å². The molecule has 3 rings (SSSR count). The number of hydrogen-bond acceptors (Lipinski definition) is 4. The summed E-state index contributed by atoms with van der Waals surface area (Å²) in [6.07, 6.45) is 2.03. The molecule has 0 saturated heterocycles. The van der Waals surface area contributed by atoms with Crippen LogP contribution in [0.5, 0.6) is 5.75 Å². The number of para-hydroxylation sites is 1. The normalized spacial score (nSPS) is 12.9. The van der Waals surface area contributed by atoms with Crippen molar-refractivity contribution in [1.29, 1.82) is 0 Å². The van der Waals surface area contributed by atoms with E-state index in [1.165, 1.54) is 5.56 Å². The lowest BCUT2D eigenvalue weighted by Gasteiger charge is -2.30. The van der Waals surface area contributed by atoms with E-state index in [1.807, 2.05) is 30.0 Å². The molecule has 2 amide bonds. The van der Waals surface area contributed by atoms with Crippen LogP contribution in [0.4, 0.5) is 5.69 Å². The Kier molecular flexibility index (Phi) is 6.19. The Balaban J connectivity index is 1.45. The number of halogens is 1. The van der Waals surface area contributed by atoms with Gasteiger partial charge in [-0.05, 0) is 55.2 Å². The second-order valence-corrected chi connectivity index (χ2v) is 6.89. The van der Waals surface area contributed by atoms with E-state index in [0.717, 1.165) is 30.6 Å². The van der Waals surface area contributed by atoms with Gasteiger partial charge in [-0.25, -0.2) is 0 Å². The minimum absolute atomic E-state index is 0.189. The van der Waals surface area contributed by atoms with Gasteiger partial charge in [0.2, 0.25) is 0 Å². The zero-order chi connectivity index (χ0) is 19.2. The molecule has 0 unspecified atom stereocenters. The van der Waals surface area contributed by atoms with Crippen LogP contribution in [-0.4, -0.2) is 31.5 Å². The summed E-state index contributed by atoms with van der Waals surface area (Å²) >= 11 is 5.89. The van der Waals surface area contributed by atoms with Crippen LogP contribution in [0.25, 0.3) is 0 Å². The fourth-order valence-corrected chi connectivity index (χ4v) is 3.31. The quantitative estimate of drug-likeness (QED) is 0.774. The topological polar surface area (TPSA) is 70.7 Å². The van der Waals surface area contributed by atoms with Gasteiger partial charge in [-0.1, -0.05) is 29.8 Å². The number of nitrogens with one attached hydrogen (secondary N) is 2. The predicted octanol–water partition coefficient (Wildman–Crippen LogP) is 2.63. The summed E-state index contributed by atoms with van der Waals surface area (Å²) in [6.45, 7) is 2.65. The lowest BCUT2D eigenvalue weighted by atomic mass is 10.0. The van der Waals surface area contributed by atoms with E-state index in [1.54, 1.807) is 18.2 Å². The number of nitrogens with zero attached hydrogens (tertiary/aromatic N) is 1. The van der Waals surface area contributed by atoms with Crippen molar-refractivity contribution in [3.8, 4) is 5.75 Å². The third-order valence-corrected chi connectivity index (χ3v) is 4.61. The summed E-state index contributed by atoms with van der Waals surface area (Å²) in [5.41, 5.74) is 7.97. The van der Waals surface area contributed by atoms with E-state index in [2.05, 4.69) is 16.9 Å². The first-order valence-electron chi connectivity index (χ1n) is 8.82. The van der Waals surface area contributed by atoms with Crippen molar-refractivity contribution in [2.24, 2.45) is 0 Å². The van der Waals surface area contributed by atoms with Crippen molar-refractivity contribution >= 4 is 29.1 Å². The Labute approximate surface area is 163 Å². The molecule has 0 bridgehead atoms. The largest absolute Gasteiger partial charge is 0.483 e. The number of amides is 2. The monoisotopic (exact) mass is 387 g/mol. The second-order valence-electron chi connectivity index (χ2n) is 6.45. The number of hydrazine groups is 1. The van der Waals surface area contributed by atoms with Crippen LogP contribution in [0.15, 0.2) is 42.5 Å². The summed E-state index contributed by atoms with van der Waals surface area (Å²) in [5, 5.41) is 0.607. The number of carbonyl (C=O) groups excluding carboxylic acids is 2. The number of fused-ring (bicyclic) bond motifs is 1. The van der Waals surface area contributed by atoms with E-state index >= 15 is 0 Å². The standard InChI is InChI=1S/C20H22ClN3O3/c1-14-11-16(21)8-9-18(14)27-13-20(26)23-22-19(25)12-24-10-4-6-15-5-2-3-7-17(15)24/h2-3,5,7-9,11H,4,6,10,12-13H2,1H3,(H,22,25)(H,23,26). The summed E-state index contributed by atoms with van der Waals surface area (Å²) in [7, 11) is 0. The summed E-state index contributed by atoms with van der Waals surface area (Å²) in [6, 6.07) is 13.2. The van der Waals surface area contributed by atoms with E-state index in [9.17, 15) is 9.59 Å². The fraction of sp³-hybridized carbons (Fsp3) is 0.300. The number of aryl methyl sites for hydroxylation is 2. The highest BCUT2D eigenvalue weighted by molar-refractivity contribution is 6.30. The highest BCUT2D eigenvalue weighted by Crippen LogP contribution is 2.26. The minimum atomic E-state index is -0.434. The van der Waals surface area contributed by atoms with Crippen molar-refractivity contribution < 1.29 is 14.3 Å². The molecule has 0 aliphatic carbocycles. The molecule has 0 radical (unpaired) electrons. The van der Waals surface area contributed by atoms with Crippen molar-refractivity contribution in [2.45, 2.75) is 19.8 Å². The average molecular weight is 388 g/mol. The molecule has 0 fully saturated rings. The molecule has 142 valence electrons. The first kappa shape index (κ1) is 19.0. The minimum Gasteiger partial charge on any atom is -0.483 e. The first-order chi connectivity index (χ1) is 13.0. The van der Waals surface area contributed by atoms with E-state index in [0.29, 0.717) is 10.8 Å². The molecule has 2 aromatic carbocycles. The molecule has 6 nitrogen and oxygen atoms in total. The van der Waals surface area contributed by atoms with Crippen LogP contribution in [0.1, 0.15) is 17.5 Å². The molecule has 7 heteroatoms. The lowest BCUT2D eigenvalue weighted by molar-refractivity contribution is -0.129. The van der Waals surface area contributed by atoms with Gasteiger partial charge in [-0.2, -0.15) is 0 Å². The first-order valence-corrected chi connectivity index (χ1v) is 9.20. The van der Waals surface area contributed by atoms with E-state index < -0.39 is 5.91 Å². The third-order valence-electron chi connectivity index (χ3n) is 4.38. The molecular formula is C20H22ClN3O3. The van der Waals surface area contributed by atoms with Crippen molar-refractivity contribution in [3.63, 3.8) is 0 Å². The predicted molar refractivity (Wildman–Crippen MR) is 105 cm³/mol. The van der Waals surface area contributed by atoms with Gasteiger partial charge >= 0.3 is 0 Å². The van der Waals surface area contributed by atoms with Crippen LogP contribution < -0.4 is 20.5 Å². The number of rotatable bonds is 5. The molecule has 0 spiro atoms. The molecule has 0 atom stereocenters. The van der Waals surface area contributed by atoms with Gasteiger partial charge in [0.15, 0.2) is 6.61 Å². The number of hydrogen-bond donors (Lipinski definition) is 2. The molecule has 27 heavy (non-hydrogen) atoms. The van der Waals surface area contributed by atoms with Gasteiger partial charge < -0.3 is 9.64 Å². The molecule has 0 aromatic heterocycles. The van der Waals surface area contributed by atoms with Gasteiger partial charge in [0.25, 0.3) is 11.8 Å². The number of carbonyl (C=O) groups is 2. The molecule has 1 aliphatic rings. The molecular weight excluding hydrogens is 366 g/mol. The zero-order valence-electron chi connectivity index (χ0n) is 15.1. The SMILES string of the molecule is Cc1cc(Cl)ccc1OCC(=O)NNC(=O)CN1CCCc2ccccc21. The van der Waals surface area contributed by atoms with E-state index in [4.69, 9.17) is 16.3 Å². The molecule has 2 aromatic rings. The zero-order valence-corrected chi connectivity index (χ0v) is 15.9. The van der Waals surface area contributed by atoms with Crippen LogP contribution in [0, 0.1) is 6.92 Å². The fourth-order valence-electron chi connectivity index (χ4n) is 3.08. The maximum absolute atomic E-state index is 12.2. The van der Waals surface area contributed by atoms with Crippen LogP contribution in [0.2, 0.25) is 5.02 Å². The molecule has 0 saturated carbocycles. The van der Waals surface area contributed by atoms with E-state index in [-0.39, 0.29) is 19.1 Å². The van der Waals surface area contributed by atoms with Crippen molar-refractivity contribution in [2.75, 3.05) is 24.6 Å². The van der Waals surface area contributed by atoms with Gasteiger partial charge in [0.1, 0.15) is 5.75 Å². The van der Waals surface area contributed by atoms with Gasteiger partial charge in [0, 0.05) is 17.3 Å². The maximum Gasteiger partial charge on any atom is 0.276 e. The average Bonchev–Trinajstić information content (AvgIpc) is 2.66. The van der Waals surface area contributed by atoms with Crippen LogP contribution in [-0.2, 0) is 16.0 Å². The Morgan fingerprint density at radius 2 is 1.93 bits per heavy atom. The Bertz CT molecular complexity index is 841. The van der Waals surface area contributed by atoms with Crippen molar-refractivity contribution in [3.05, 3.63) is 58.6 Å². The summed E-state index contributed by atoms with van der Waals surface area (Å²) in [4.78, 5) is 26.1. The third kappa shape index (κ3) is 5.14. The highest BCUT2D eigenvalue weighted by atomic mass is 35.5. The lowest BCUT2D eigenvalue weighted by Crippen LogP contribution is -2.48. The van der Waals surface area contributed by atoms with Gasteiger partial charge in [-0.3, -0.25) is 20.4 Å². The van der Waals surface area contributed by atoms with Crippen LogP contribution in [0.3, 0.4) is 0 Å². The number of ether oxygens (including phenoxy) is 1.